The van der Waals surface area contributed by atoms with Crippen LogP contribution in [0.3, 0.4) is 0 Å². The van der Waals surface area contributed by atoms with E-state index in [-0.39, 0.29) is 0 Å². The Kier molecular flexibility index (Phi) is 3.28. The number of para-hydroxylation sites is 1. The number of rotatable bonds is 3. The molecular weight excluding hydrogens is 268 g/mol. The lowest BCUT2D eigenvalue weighted by Crippen LogP contribution is -1.97. The van der Waals surface area contributed by atoms with Gasteiger partial charge in [-0.2, -0.15) is 5.10 Å². The number of benzene rings is 1. The van der Waals surface area contributed by atoms with Crippen molar-refractivity contribution < 1.29 is 0 Å². The molecule has 102 valence electrons. The van der Waals surface area contributed by atoms with E-state index in [1.54, 1.807) is 11.3 Å². The first kappa shape index (κ1) is 12.9. The van der Waals surface area contributed by atoms with E-state index in [9.17, 15) is 0 Å². The van der Waals surface area contributed by atoms with E-state index in [0.717, 1.165) is 22.0 Å². The van der Waals surface area contributed by atoms with Crippen molar-refractivity contribution in [2.45, 2.75) is 20.8 Å². The molecule has 2 aromatic heterocycles. The van der Waals surface area contributed by atoms with Gasteiger partial charge in [0.1, 0.15) is 0 Å². The number of imidazole rings is 1. The quantitative estimate of drug-likeness (QED) is 0.587. The molecule has 0 aliphatic carbocycles. The highest BCUT2D eigenvalue weighted by atomic mass is 32.1. The number of nitrogens with one attached hydrogen (secondary N) is 1. The third kappa shape index (κ3) is 2.20. The maximum absolute atomic E-state index is 4.54. The third-order valence-corrected chi connectivity index (χ3v) is 4.21. The molecule has 0 unspecified atom stereocenters. The average Bonchev–Trinajstić information content (AvgIpc) is 2.93. The largest absolute Gasteiger partial charge is 0.286 e. The molecule has 0 amide bonds. The van der Waals surface area contributed by atoms with Crippen molar-refractivity contribution in [1.29, 1.82) is 0 Å². The van der Waals surface area contributed by atoms with E-state index in [1.165, 1.54) is 11.3 Å². The summed E-state index contributed by atoms with van der Waals surface area (Å²) in [5.74, 6) is 0. The number of hydrogen-bond acceptors (Lipinski definition) is 4. The fraction of sp³-hybridized carbons (Fsp3) is 0.200. The normalized spacial score (nSPS) is 11.6. The summed E-state index contributed by atoms with van der Waals surface area (Å²) in [7, 11) is 0. The standard InChI is InChI=1S/C15H16N4S/c1-10-6-4-5-7-13(10)18-16-8-14-12(3)17-15-19(14)11(2)9-20-15/h4-9,18H,1-3H3/b16-8-. The topological polar surface area (TPSA) is 41.7 Å². The van der Waals surface area contributed by atoms with Crippen LogP contribution < -0.4 is 5.43 Å². The van der Waals surface area contributed by atoms with E-state index in [4.69, 9.17) is 0 Å². The zero-order valence-corrected chi connectivity index (χ0v) is 12.5. The van der Waals surface area contributed by atoms with Crippen molar-refractivity contribution in [2.75, 3.05) is 5.43 Å². The third-order valence-electron chi connectivity index (χ3n) is 3.27. The van der Waals surface area contributed by atoms with Crippen molar-refractivity contribution >= 4 is 28.2 Å². The van der Waals surface area contributed by atoms with Gasteiger partial charge in [0.2, 0.25) is 0 Å². The highest BCUT2D eigenvalue weighted by Gasteiger charge is 2.09. The predicted octanol–water partition coefficient (Wildman–Crippen LogP) is 3.77. The summed E-state index contributed by atoms with van der Waals surface area (Å²) in [5, 5.41) is 6.45. The predicted molar refractivity (Wildman–Crippen MR) is 84.9 cm³/mol. The molecule has 2 heterocycles. The lowest BCUT2D eigenvalue weighted by Gasteiger charge is -2.03. The van der Waals surface area contributed by atoms with Gasteiger partial charge in [-0.1, -0.05) is 18.2 Å². The highest BCUT2D eigenvalue weighted by Crippen LogP contribution is 2.19. The lowest BCUT2D eigenvalue weighted by atomic mass is 10.2. The van der Waals surface area contributed by atoms with Gasteiger partial charge in [0.05, 0.1) is 23.3 Å². The second-order valence-corrected chi connectivity index (χ2v) is 5.60. The molecule has 0 bridgehead atoms. The van der Waals surface area contributed by atoms with Crippen LogP contribution in [0.1, 0.15) is 22.6 Å². The molecule has 0 aliphatic rings. The Hall–Kier alpha value is -2.14. The van der Waals surface area contributed by atoms with E-state index in [2.05, 4.69) is 45.2 Å². The summed E-state index contributed by atoms with van der Waals surface area (Å²) < 4.78 is 2.13. The number of aryl methyl sites for hydroxylation is 3. The van der Waals surface area contributed by atoms with Crippen LogP contribution in [0.25, 0.3) is 4.96 Å². The van der Waals surface area contributed by atoms with Crippen LogP contribution in [0.4, 0.5) is 5.69 Å². The number of hydrazone groups is 1. The van der Waals surface area contributed by atoms with Gasteiger partial charge in [-0.15, -0.1) is 11.3 Å². The molecule has 0 fully saturated rings. The van der Waals surface area contributed by atoms with Crippen LogP contribution in [-0.4, -0.2) is 15.6 Å². The van der Waals surface area contributed by atoms with Crippen molar-refractivity contribution in [3.8, 4) is 0 Å². The molecule has 0 aliphatic heterocycles. The molecule has 5 heteroatoms. The summed E-state index contributed by atoms with van der Waals surface area (Å²) in [4.78, 5) is 5.55. The Morgan fingerprint density at radius 2 is 2.05 bits per heavy atom. The van der Waals surface area contributed by atoms with Gasteiger partial charge in [0, 0.05) is 11.1 Å². The van der Waals surface area contributed by atoms with Crippen molar-refractivity contribution in [3.63, 3.8) is 0 Å². The number of nitrogens with zero attached hydrogens (tertiary/aromatic N) is 3. The molecule has 0 radical (unpaired) electrons. The number of anilines is 1. The van der Waals surface area contributed by atoms with Crippen molar-refractivity contribution in [1.82, 2.24) is 9.38 Å². The Balaban J connectivity index is 1.90. The average molecular weight is 284 g/mol. The minimum atomic E-state index is 0.996. The fourth-order valence-electron chi connectivity index (χ4n) is 2.14. The SMILES string of the molecule is Cc1ccccc1N/N=C\c1c(C)nc2scc(C)n12. The number of hydrogen-bond donors (Lipinski definition) is 1. The summed E-state index contributed by atoms with van der Waals surface area (Å²) in [5.41, 5.74) is 8.48. The minimum Gasteiger partial charge on any atom is -0.286 e. The summed E-state index contributed by atoms with van der Waals surface area (Å²) >= 11 is 1.65. The zero-order chi connectivity index (χ0) is 14.1. The maximum Gasteiger partial charge on any atom is 0.194 e. The van der Waals surface area contributed by atoms with Crippen LogP contribution in [-0.2, 0) is 0 Å². The molecule has 0 spiro atoms. The molecule has 20 heavy (non-hydrogen) atoms. The number of fused-ring (bicyclic) bond motifs is 1. The van der Waals surface area contributed by atoms with Gasteiger partial charge in [0.25, 0.3) is 0 Å². The van der Waals surface area contributed by atoms with Gasteiger partial charge >= 0.3 is 0 Å². The van der Waals surface area contributed by atoms with Crippen molar-refractivity contribution in [3.05, 3.63) is 52.3 Å². The Morgan fingerprint density at radius 3 is 2.85 bits per heavy atom. The van der Waals surface area contributed by atoms with E-state index in [1.807, 2.05) is 31.3 Å². The maximum atomic E-state index is 4.54. The van der Waals surface area contributed by atoms with E-state index in [0.29, 0.717) is 0 Å². The van der Waals surface area contributed by atoms with Crippen LogP contribution in [0.5, 0.6) is 0 Å². The summed E-state index contributed by atoms with van der Waals surface area (Å²) in [6.45, 7) is 6.15. The molecular formula is C15H16N4S. The van der Waals surface area contributed by atoms with Crippen LogP contribution in [0.15, 0.2) is 34.7 Å². The summed E-state index contributed by atoms with van der Waals surface area (Å²) in [6, 6.07) is 8.09. The van der Waals surface area contributed by atoms with Crippen LogP contribution in [0, 0.1) is 20.8 Å². The number of aromatic nitrogens is 2. The molecule has 3 aromatic rings. The highest BCUT2D eigenvalue weighted by molar-refractivity contribution is 7.15. The molecule has 4 nitrogen and oxygen atoms in total. The van der Waals surface area contributed by atoms with Crippen LogP contribution in [0.2, 0.25) is 0 Å². The first-order valence-corrected chi connectivity index (χ1v) is 7.32. The van der Waals surface area contributed by atoms with E-state index < -0.39 is 0 Å². The Morgan fingerprint density at radius 1 is 1.25 bits per heavy atom. The molecule has 1 N–H and O–H groups in total. The zero-order valence-electron chi connectivity index (χ0n) is 11.7. The minimum absolute atomic E-state index is 0.996. The smallest absolute Gasteiger partial charge is 0.194 e. The second kappa shape index (κ2) is 5.09. The Bertz CT molecular complexity index is 782. The Labute approximate surface area is 121 Å². The molecule has 3 rings (SSSR count). The first-order valence-electron chi connectivity index (χ1n) is 6.44. The van der Waals surface area contributed by atoms with Gasteiger partial charge in [-0.05, 0) is 32.4 Å². The van der Waals surface area contributed by atoms with Gasteiger partial charge in [-0.25, -0.2) is 4.98 Å². The lowest BCUT2D eigenvalue weighted by molar-refractivity contribution is 1.11. The van der Waals surface area contributed by atoms with Gasteiger partial charge in [-0.3, -0.25) is 9.83 Å². The second-order valence-electron chi connectivity index (χ2n) is 4.76. The summed E-state index contributed by atoms with van der Waals surface area (Å²) in [6.07, 6.45) is 1.83. The molecule has 0 atom stereocenters. The molecule has 1 aromatic carbocycles. The molecule has 0 saturated carbocycles. The van der Waals surface area contributed by atoms with Gasteiger partial charge in [0.15, 0.2) is 4.96 Å². The monoisotopic (exact) mass is 284 g/mol. The van der Waals surface area contributed by atoms with Crippen molar-refractivity contribution in [2.24, 2.45) is 5.10 Å². The van der Waals surface area contributed by atoms with Crippen LogP contribution >= 0.6 is 11.3 Å². The molecule has 0 saturated heterocycles. The van der Waals surface area contributed by atoms with Gasteiger partial charge < -0.3 is 0 Å². The van der Waals surface area contributed by atoms with E-state index >= 15 is 0 Å². The number of thiazole rings is 1. The first-order chi connectivity index (χ1) is 9.66. The fourth-order valence-corrected chi connectivity index (χ4v) is 3.06.